The number of nitrogens with zero attached hydrogens (tertiary/aromatic N) is 1. The Kier molecular flexibility index (Phi) is 6.68. The third kappa shape index (κ3) is 5.84. The number of hydrogen-bond donors (Lipinski definition) is 0. The van der Waals surface area contributed by atoms with Crippen LogP contribution >= 0.6 is 0 Å². The second-order valence-corrected chi connectivity index (χ2v) is 5.95. The van der Waals surface area contributed by atoms with E-state index in [1.54, 1.807) is 0 Å². The molecule has 0 bridgehead atoms. The summed E-state index contributed by atoms with van der Waals surface area (Å²) in [4.78, 5) is 14.0. The van der Waals surface area contributed by atoms with Gasteiger partial charge in [0, 0.05) is 19.5 Å². The maximum atomic E-state index is 11.5. The van der Waals surface area contributed by atoms with Crippen LogP contribution in [0.3, 0.4) is 0 Å². The predicted octanol–water partition coefficient (Wildman–Crippen LogP) is 4.01. The fourth-order valence-corrected chi connectivity index (χ4v) is 2.94. The van der Waals surface area contributed by atoms with Crippen LogP contribution in [0.15, 0.2) is 42.0 Å². The van der Waals surface area contributed by atoms with E-state index < -0.39 is 0 Å². The summed E-state index contributed by atoms with van der Waals surface area (Å²) in [5.41, 5.74) is 2.76. The molecule has 0 saturated carbocycles. The van der Waals surface area contributed by atoms with E-state index in [-0.39, 0.29) is 0 Å². The van der Waals surface area contributed by atoms with Crippen LogP contribution in [0.1, 0.15) is 44.6 Å². The summed E-state index contributed by atoms with van der Waals surface area (Å²) in [5, 5.41) is 0. The van der Waals surface area contributed by atoms with Gasteiger partial charge in [-0.05, 0) is 50.3 Å². The Morgan fingerprint density at radius 3 is 2.48 bits per heavy atom. The minimum absolute atomic E-state index is 0.322. The zero-order chi connectivity index (χ0) is 14.9. The van der Waals surface area contributed by atoms with Gasteiger partial charge in [0.1, 0.15) is 0 Å². The lowest BCUT2D eigenvalue weighted by atomic mass is 9.96. The standard InChI is InChI=1S/C19H27NO/c1-2-13-20(14-11-17-7-4-3-5-8-17)15-12-18-9-6-10-19(21)16-18/h3-5,7-8,16H,2,6,9-15H2,1H3. The molecular weight excluding hydrogens is 258 g/mol. The minimum atomic E-state index is 0.322. The molecule has 0 unspecified atom stereocenters. The molecule has 0 spiro atoms. The number of rotatable bonds is 8. The molecule has 1 aliphatic carbocycles. The van der Waals surface area contributed by atoms with Crippen molar-refractivity contribution >= 4 is 5.78 Å². The summed E-state index contributed by atoms with van der Waals surface area (Å²) in [6, 6.07) is 10.7. The van der Waals surface area contributed by atoms with E-state index in [4.69, 9.17) is 0 Å². The van der Waals surface area contributed by atoms with Gasteiger partial charge in [-0.3, -0.25) is 4.79 Å². The predicted molar refractivity (Wildman–Crippen MR) is 88.4 cm³/mol. The molecule has 0 aliphatic heterocycles. The molecule has 0 amide bonds. The van der Waals surface area contributed by atoms with Crippen molar-refractivity contribution in [1.82, 2.24) is 4.90 Å². The first kappa shape index (κ1) is 16.0. The van der Waals surface area contributed by atoms with Crippen LogP contribution in [-0.2, 0) is 11.2 Å². The molecule has 0 aromatic heterocycles. The monoisotopic (exact) mass is 285 g/mol. The molecule has 2 heteroatoms. The molecule has 2 rings (SSSR count). The normalized spacial score (nSPS) is 15.3. The first-order valence-electron chi connectivity index (χ1n) is 8.26. The average molecular weight is 285 g/mol. The fraction of sp³-hybridized carbons (Fsp3) is 0.526. The SMILES string of the molecule is CCCN(CCC1=CC(=O)CCC1)CCc1ccccc1. The van der Waals surface area contributed by atoms with Crippen LogP contribution in [0.25, 0.3) is 0 Å². The smallest absolute Gasteiger partial charge is 0.155 e. The van der Waals surface area contributed by atoms with E-state index in [0.717, 1.165) is 51.7 Å². The minimum Gasteiger partial charge on any atom is -0.303 e. The second kappa shape index (κ2) is 8.78. The highest BCUT2D eigenvalue weighted by molar-refractivity contribution is 5.91. The molecule has 0 heterocycles. The highest BCUT2D eigenvalue weighted by Gasteiger charge is 2.11. The van der Waals surface area contributed by atoms with Crippen molar-refractivity contribution in [2.24, 2.45) is 0 Å². The molecule has 114 valence electrons. The van der Waals surface area contributed by atoms with Gasteiger partial charge in [-0.25, -0.2) is 0 Å². The van der Waals surface area contributed by atoms with Crippen molar-refractivity contribution in [2.45, 2.75) is 45.4 Å². The van der Waals surface area contributed by atoms with Crippen molar-refractivity contribution in [3.63, 3.8) is 0 Å². The highest BCUT2D eigenvalue weighted by Crippen LogP contribution is 2.18. The molecule has 0 N–H and O–H groups in total. The third-order valence-electron chi connectivity index (χ3n) is 4.13. The molecule has 1 aromatic carbocycles. The maximum absolute atomic E-state index is 11.5. The summed E-state index contributed by atoms with van der Waals surface area (Å²) in [5.74, 6) is 0.322. The number of benzene rings is 1. The molecule has 0 radical (unpaired) electrons. The van der Waals surface area contributed by atoms with Gasteiger partial charge in [0.05, 0.1) is 0 Å². The molecule has 0 atom stereocenters. The lowest BCUT2D eigenvalue weighted by Crippen LogP contribution is -2.28. The number of ketones is 1. The Labute approximate surface area is 128 Å². The first-order chi connectivity index (χ1) is 10.3. The third-order valence-corrected chi connectivity index (χ3v) is 4.13. The van der Waals surface area contributed by atoms with E-state index in [9.17, 15) is 4.79 Å². The van der Waals surface area contributed by atoms with Gasteiger partial charge in [-0.2, -0.15) is 0 Å². The molecular formula is C19H27NO. The summed E-state index contributed by atoms with van der Waals surface area (Å²) in [6.45, 7) is 5.58. The van der Waals surface area contributed by atoms with E-state index >= 15 is 0 Å². The lowest BCUT2D eigenvalue weighted by molar-refractivity contribution is -0.115. The second-order valence-electron chi connectivity index (χ2n) is 5.95. The lowest BCUT2D eigenvalue weighted by Gasteiger charge is -2.23. The van der Waals surface area contributed by atoms with Crippen LogP contribution in [-0.4, -0.2) is 30.3 Å². The van der Waals surface area contributed by atoms with E-state index in [1.165, 1.54) is 17.6 Å². The fourth-order valence-electron chi connectivity index (χ4n) is 2.94. The number of hydrogen-bond acceptors (Lipinski definition) is 2. The summed E-state index contributed by atoms with van der Waals surface area (Å²) in [7, 11) is 0. The van der Waals surface area contributed by atoms with Gasteiger partial charge < -0.3 is 4.90 Å². The Hall–Kier alpha value is -1.41. The van der Waals surface area contributed by atoms with Crippen LogP contribution in [0, 0.1) is 0 Å². The van der Waals surface area contributed by atoms with Gasteiger partial charge in [0.25, 0.3) is 0 Å². The molecule has 1 aromatic rings. The van der Waals surface area contributed by atoms with Crippen LogP contribution in [0.2, 0.25) is 0 Å². The molecule has 0 saturated heterocycles. The van der Waals surface area contributed by atoms with Gasteiger partial charge in [0.15, 0.2) is 5.78 Å². The average Bonchev–Trinajstić information content (AvgIpc) is 2.51. The van der Waals surface area contributed by atoms with Gasteiger partial charge in [-0.1, -0.05) is 42.8 Å². The van der Waals surface area contributed by atoms with Crippen molar-refractivity contribution in [1.29, 1.82) is 0 Å². The topological polar surface area (TPSA) is 20.3 Å². The summed E-state index contributed by atoms with van der Waals surface area (Å²) < 4.78 is 0. The number of allylic oxidation sites excluding steroid dienone is 1. The maximum Gasteiger partial charge on any atom is 0.155 e. The highest BCUT2D eigenvalue weighted by atomic mass is 16.1. The Morgan fingerprint density at radius 2 is 1.76 bits per heavy atom. The van der Waals surface area contributed by atoms with E-state index in [2.05, 4.69) is 42.2 Å². The Morgan fingerprint density at radius 1 is 1.00 bits per heavy atom. The number of carbonyl (C=O) groups excluding carboxylic acids is 1. The molecule has 2 nitrogen and oxygen atoms in total. The number of carbonyl (C=O) groups is 1. The quantitative estimate of drug-likeness (QED) is 0.719. The Bertz CT molecular complexity index is 464. The van der Waals surface area contributed by atoms with Crippen molar-refractivity contribution in [2.75, 3.05) is 19.6 Å². The zero-order valence-electron chi connectivity index (χ0n) is 13.2. The van der Waals surface area contributed by atoms with Crippen molar-refractivity contribution in [3.05, 3.63) is 47.5 Å². The first-order valence-corrected chi connectivity index (χ1v) is 8.26. The van der Waals surface area contributed by atoms with Gasteiger partial charge in [0.2, 0.25) is 0 Å². The van der Waals surface area contributed by atoms with E-state index in [1.807, 2.05) is 6.08 Å². The molecule has 1 aliphatic rings. The van der Waals surface area contributed by atoms with Gasteiger partial charge in [-0.15, -0.1) is 0 Å². The summed E-state index contributed by atoms with van der Waals surface area (Å²) in [6.07, 6.45) is 8.15. The van der Waals surface area contributed by atoms with E-state index in [0.29, 0.717) is 5.78 Å². The molecule has 0 fully saturated rings. The van der Waals surface area contributed by atoms with Crippen LogP contribution in [0.5, 0.6) is 0 Å². The van der Waals surface area contributed by atoms with Crippen LogP contribution < -0.4 is 0 Å². The van der Waals surface area contributed by atoms with Crippen LogP contribution in [0.4, 0.5) is 0 Å². The van der Waals surface area contributed by atoms with Gasteiger partial charge >= 0.3 is 0 Å². The largest absolute Gasteiger partial charge is 0.303 e. The zero-order valence-corrected chi connectivity index (χ0v) is 13.2. The molecule has 21 heavy (non-hydrogen) atoms. The van der Waals surface area contributed by atoms with Crippen molar-refractivity contribution in [3.8, 4) is 0 Å². The Balaban J connectivity index is 1.80. The summed E-state index contributed by atoms with van der Waals surface area (Å²) >= 11 is 0. The van der Waals surface area contributed by atoms with Crippen molar-refractivity contribution < 1.29 is 4.79 Å².